The molecule has 3 aliphatic rings. The second-order valence-electron chi connectivity index (χ2n) is 7.69. The topological polar surface area (TPSA) is 68.2 Å². The molecule has 2 amide bonds. The van der Waals surface area contributed by atoms with Gasteiger partial charge in [0.2, 0.25) is 0 Å². The number of imide groups is 1. The second-order valence-corrected chi connectivity index (χ2v) is 8.87. The summed E-state index contributed by atoms with van der Waals surface area (Å²) < 4.78 is 11.9. The Morgan fingerprint density at radius 3 is 2.48 bits per heavy atom. The second kappa shape index (κ2) is 7.76. The number of fused-ring (bicyclic) bond motifs is 5. The lowest BCUT2D eigenvalue weighted by Crippen LogP contribution is -2.28. The van der Waals surface area contributed by atoms with Crippen LogP contribution in [0, 0.1) is 23.7 Å². The molecular weight excluding hydrogens is 460 g/mol. The summed E-state index contributed by atoms with van der Waals surface area (Å²) >= 11 is 9.96. The minimum atomic E-state index is -0.275. The molecule has 0 N–H and O–H groups in total. The van der Waals surface area contributed by atoms with Crippen LogP contribution in [0.3, 0.4) is 0 Å². The van der Waals surface area contributed by atoms with Crippen molar-refractivity contribution in [2.75, 3.05) is 7.11 Å². The molecule has 1 aromatic rings. The highest BCUT2D eigenvalue weighted by atomic mass is 79.9. The van der Waals surface area contributed by atoms with Gasteiger partial charge in [-0.25, -0.2) is 0 Å². The van der Waals surface area contributed by atoms with Crippen LogP contribution in [0.1, 0.15) is 32.3 Å². The highest BCUT2D eigenvalue weighted by Gasteiger charge is 2.59. The monoisotopic (exact) mass is 480 g/mol. The first-order chi connectivity index (χ1) is 13.9. The van der Waals surface area contributed by atoms with E-state index in [1.807, 2.05) is 13.8 Å². The van der Waals surface area contributed by atoms with Crippen molar-refractivity contribution in [1.29, 1.82) is 0 Å². The minimum absolute atomic E-state index is 0.0314. The van der Waals surface area contributed by atoms with Gasteiger partial charge in [-0.05, 0) is 53.6 Å². The van der Waals surface area contributed by atoms with Crippen molar-refractivity contribution in [3.63, 3.8) is 0 Å². The summed E-state index contributed by atoms with van der Waals surface area (Å²) in [6.07, 6.45) is 7.25. The quantitative estimate of drug-likeness (QED) is 0.342. The molecule has 5 atom stereocenters. The fourth-order valence-corrected chi connectivity index (χ4v) is 5.01. The lowest BCUT2D eigenvalue weighted by atomic mass is 9.85. The van der Waals surface area contributed by atoms with Crippen molar-refractivity contribution in [3.8, 4) is 11.5 Å². The standard InChI is InChI=1S/C21H22BrClN2O4/c1-4-10(2)29-19-14(28-3)8-13(17(22)18(19)23)9-24-25-20(26)15-11-5-6-12(7-11)16(15)21(25)27/h5-6,8-12,15-16H,4,7H2,1-3H3/t10-,11+,12+,15-,16+/m1/s1. The van der Waals surface area contributed by atoms with E-state index >= 15 is 0 Å². The third-order valence-corrected chi connectivity index (χ3v) is 7.47. The van der Waals surface area contributed by atoms with Crippen molar-refractivity contribution >= 4 is 45.6 Å². The van der Waals surface area contributed by atoms with E-state index in [-0.39, 0.29) is 41.6 Å². The zero-order valence-corrected chi connectivity index (χ0v) is 18.7. The molecule has 8 heteroatoms. The van der Waals surface area contributed by atoms with E-state index in [0.29, 0.717) is 26.6 Å². The Bertz CT molecular complexity index is 902. The summed E-state index contributed by atoms with van der Waals surface area (Å²) in [6.45, 7) is 3.96. The van der Waals surface area contributed by atoms with Gasteiger partial charge in [-0.3, -0.25) is 9.59 Å². The predicted molar refractivity (Wildman–Crippen MR) is 113 cm³/mol. The Morgan fingerprint density at radius 1 is 1.31 bits per heavy atom. The lowest BCUT2D eigenvalue weighted by Gasteiger charge is -2.18. The molecule has 2 aliphatic carbocycles. The van der Waals surface area contributed by atoms with Gasteiger partial charge in [-0.15, -0.1) is 0 Å². The molecule has 0 radical (unpaired) electrons. The summed E-state index contributed by atoms with van der Waals surface area (Å²) in [4.78, 5) is 25.5. The average Bonchev–Trinajstić information content (AvgIpc) is 3.39. The van der Waals surface area contributed by atoms with Gasteiger partial charge in [0.05, 0.1) is 31.3 Å². The molecule has 0 unspecified atom stereocenters. The van der Waals surface area contributed by atoms with Gasteiger partial charge in [0.15, 0.2) is 11.5 Å². The van der Waals surface area contributed by atoms with Crippen molar-refractivity contribution in [3.05, 3.63) is 33.3 Å². The number of nitrogens with zero attached hydrogens (tertiary/aromatic N) is 2. The van der Waals surface area contributed by atoms with Gasteiger partial charge in [0.1, 0.15) is 5.02 Å². The van der Waals surface area contributed by atoms with Crippen LogP contribution in [0.4, 0.5) is 0 Å². The molecular formula is C21H22BrClN2O4. The molecule has 1 heterocycles. The zero-order chi connectivity index (χ0) is 20.9. The van der Waals surface area contributed by atoms with Gasteiger partial charge in [0, 0.05) is 10.0 Å². The molecule has 1 saturated heterocycles. The van der Waals surface area contributed by atoms with Crippen molar-refractivity contribution in [2.24, 2.45) is 28.8 Å². The number of allylic oxidation sites excluding steroid dienone is 2. The number of halogens is 2. The normalized spacial score (nSPS) is 28.5. The maximum atomic E-state index is 12.8. The van der Waals surface area contributed by atoms with Crippen LogP contribution < -0.4 is 9.47 Å². The van der Waals surface area contributed by atoms with Crippen LogP contribution in [-0.2, 0) is 9.59 Å². The number of rotatable bonds is 6. The minimum Gasteiger partial charge on any atom is -0.493 e. The highest BCUT2D eigenvalue weighted by molar-refractivity contribution is 9.10. The Labute approximate surface area is 183 Å². The number of methoxy groups -OCH3 is 1. The number of amides is 2. The van der Waals surface area contributed by atoms with Crippen LogP contribution >= 0.6 is 27.5 Å². The number of carbonyl (C=O) groups is 2. The average molecular weight is 482 g/mol. The molecule has 1 saturated carbocycles. The van der Waals surface area contributed by atoms with E-state index in [9.17, 15) is 9.59 Å². The van der Waals surface area contributed by atoms with Gasteiger partial charge < -0.3 is 9.47 Å². The van der Waals surface area contributed by atoms with E-state index in [2.05, 4.69) is 33.2 Å². The fraction of sp³-hybridized carbons (Fsp3) is 0.476. The number of hydrazone groups is 1. The Balaban J connectivity index is 1.61. The molecule has 4 rings (SSSR count). The maximum absolute atomic E-state index is 12.8. The number of hydrogen-bond donors (Lipinski definition) is 0. The first-order valence-electron chi connectivity index (χ1n) is 9.70. The lowest BCUT2D eigenvalue weighted by molar-refractivity contribution is -0.140. The molecule has 1 aliphatic heterocycles. The highest BCUT2D eigenvalue weighted by Crippen LogP contribution is 2.52. The molecule has 2 bridgehead atoms. The Hall–Kier alpha value is -1.86. The summed E-state index contributed by atoms with van der Waals surface area (Å²) in [5.41, 5.74) is 0.585. The number of ether oxygens (including phenoxy) is 2. The van der Waals surface area contributed by atoms with E-state index in [4.69, 9.17) is 21.1 Å². The van der Waals surface area contributed by atoms with E-state index in [1.165, 1.54) is 13.3 Å². The zero-order valence-electron chi connectivity index (χ0n) is 16.4. The summed E-state index contributed by atoms with van der Waals surface area (Å²) in [5.74, 6) is 0.207. The third kappa shape index (κ3) is 3.28. The molecule has 6 nitrogen and oxygen atoms in total. The third-order valence-electron chi connectivity index (χ3n) is 6.03. The number of hydrogen-bond acceptors (Lipinski definition) is 5. The van der Waals surface area contributed by atoms with Crippen molar-refractivity contribution in [1.82, 2.24) is 5.01 Å². The molecule has 154 valence electrons. The summed E-state index contributed by atoms with van der Waals surface area (Å²) in [5, 5.41) is 5.58. The van der Waals surface area contributed by atoms with Crippen LogP contribution in [-0.4, -0.2) is 36.3 Å². The van der Waals surface area contributed by atoms with Gasteiger partial charge in [-0.2, -0.15) is 10.1 Å². The van der Waals surface area contributed by atoms with E-state index in [1.54, 1.807) is 6.07 Å². The van der Waals surface area contributed by atoms with Crippen LogP contribution in [0.2, 0.25) is 5.02 Å². The number of carbonyl (C=O) groups excluding carboxylic acids is 2. The number of benzene rings is 1. The predicted octanol–water partition coefficient (Wildman–Crippen LogP) is 4.43. The maximum Gasteiger partial charge on any atom is 0.254 e. The van der Waals surface area contributed by atoms with Crippen LogP contribution in [0.25, 0.3) is 0 Å². The van der Waals surface area contributed by atoms with E-state index in [0.717, 1.165) is 17.9 Å². The SMILES string of the molecule is CC[C@@H](C)Oc1c(OC)cc(C=NN2C(=O)[C@@H]3[C@H](C2=O)[C@H]2C=C[C@H]3C2)c(Br)c1Cl. The van der Waals surface area contributed by atoms with E-state index < -0.39 is 0 Å². The molecule has 2 fully saturated rings. The van der Waals surface area contributed by atoms with Crippen LogP contribution in [0.5, 0.6) is 11.5 Å². The van der Waals surface area contributed by atoms with Gasteiger partial charge >= 0.3 is 0 Å². The van der Waals surface area contributed by atoms with Gasteiger partial charge in [-0.1, -0.05) is 30.7 Å². The van der Waals surface area contributed by atoms with Gasteiger partial charge in [0.25, 0.3) is 11.8 Å². The smallest absolute Gasteiger partial charge is 0.254 e. The molecule has 29 heavy (non-hydrogen) atoms. The summed E-state index contributed by atoms with van der Waals surface area (Å²) in [6, 6.07) is 1.72. The van der Waals surface area contributed by atoms with Crippen molar-refractivity contribution < 1.29 is 19.1 Å². The largest absolute Gasteiger partial charge is 0.493 e. The Kier molecular flexibility index (Phi) is 5.46. The molecule has 1 aromatic carbocycles. The Morgan fingerprint density at radius 2 is 1.93 bits per heavy atom. The molecule has 0 aromatic heterocycles. The first kappa shape index (κ1) is 20.4. The van der Waals surface area contributed by atoms with Crippen LogP contribution in [0.15, 0.2) is 27.8 Å². The summed E-state index contributed by atoms with van der Waals surface area (Å²) in [7, 11) is 1.53. The van der Waals surface area contributed by atoms with Crippen molar-refractivity contribution in [2.45, 2.75) is 32.8 Å². The molecule has 0 spiro atoms. The fourth-order valence-electron chi connectivity index (χ4n) is 4.36. The first-order valence-corrected chi connectivity index (χ1v) is 10.9.